The maximum Gasteiger partial charge on any atom is 0.215 e. The van der Waals surface area contributed by atoms with E-state index in [1.54, 1.807) is 36.4 Å². The van der Waals surface area contributed by atoms with Gasteiger partial charge >= 0.3 is 0 Å². The van der Waals surface area contributed by atoms with Crippen LogP contribution in [0.1, 0.15) is 18.3 Å². The Morgan fingerprint density at radius 1 is 1.27 bits per heavy atom. The number of rotatable bonds is 6. The monoisotopic (exact) mass is 315 g/mol. The third-order valence-electron chi connectivity index (χ3n) is 2.63. The molecule has 0 saturated heterocycles. The lowest BCUT2D eigenvalue weighted by Crippen LogP contribution is -2.00. The molecule has 2 aromatic rings. The summed E-state index contributed by atoms with van der Waals surface area (Å²) in [6, 6.07) is 8.60. The lowest BCUT2D eigenvalue weighted by atomic mass is 10.2. The molecule has 0 bridgehead atoms. The van der Waals surface area contributed by atoms with Crippen molar-refractivity contribution in [2.24, 2.45) is 0 Å². The predicted molar refractivity (Wildman–Crippen MR) is 84.7 cm³/mol. The number of pyridine rings is 2. The Bertz CT molecular complexity index is 711. The third kappa shape index (κ3) is 4.47. The van der Waals surface area contributed by atoms with Gasteiger partial charge in [-0.1, -0.05) is 23.7 Å². The molecule has 0 amide bonds. The first-order valence-electron chi connectivity index (χ1n) is 6.64. The lowest BCUT2D eigenvalue weighted by molar-refractivity contribution is 0.272. The second-order valence-electron chi connectivity index (χ2n) is 4.16. The zero-order valence-corrected chi connectivity index (χ0v) is 12.7. The van der Waals surface area contributed by atoms with Crippen LogP contribution in [0.5, 0.6) is 5.88 Å². The Kier molecular flexibility index (Phi) is 5.75. The Morgan fingerprint density at radius 3 is 2.86 bits per heavy atom. The number of nitrogens with zero attached hydrogens (tertiary/aromatic N) is 3. The van der Waals surface area contributed by atoms with Crippen molar-refractivity contribution < 1.29 is 9.47 Å². The zero-order chi connectivity index (χ0) is 15.8. The maximum atomic E-state index is 7.15. The van der Waals surface area contributed by atoms with Crippen molar-refractivity contribution in [3.05, 3.63) is 64.6 Å². The number of hydrogen-bond acceptors (Lipinski definition) is 4. The van der Waals surface area contributed by atoms with E-state index in [0.717, 1.165) is 0 Å². The Hall–Kier alpha value is -2.58. The van der Waals surface area contributed by atoms with Gasteiger partial charge in [0, 0.05) is 6.07 Å². The average molecular weight is 316 g/mol. The minimum absolute atomic E-state index is 0.237. The van der Waals surface area contributed by atoms with E-state index in [1.165, 1.54) is 6.26 Å². The van der Waals surface area contributed by atoms with E-state index in [4.69, 9.17) is 27.6 Å². The van der Waals surface area contributed by atoms with Crippen LogP contribution in [-0.4, -0.2) is 16.6 Å². The van der Waals surface area contributed by atoms with E-state index >= 15 is 0 Å². The van der Waals surface area contributed by atoms with Crippen LogP contribution in [-0.2, 0) is 11.3 Å². The summed E-state index contributed by atoms with van der Waals surface area (Å²) >= 11 is 5.80. The fraction of sp³-hybridized carbons (Fsp3) is 0.188. The Labute approximate surface area is 134 Å². The smallest absolute Gasteiger partial charge is 0.215 e. The van der Waals surface area contributed by atoms with Gasteiger partial charge in [0.2, 0.25) is 11.6 Å². The summed E-state index contributed by atoms with van der Waals surface area (Å²) in [7, 11) is 0. The summed E-state index contributed by atoms with van der Waals surface area (Å²) in [5, 5.41) is 0.370. The molecule has 0 aliphatic carbocycles. The first-order chi connectivity index (χ1) is 10.7. The largest absolute Gasteiger partial charge is 0.501 e. The van der Waals surface area contributed by atoms with E-state index in [0.29, 0.717) is 34.7 Å². The molecule has 0 unspecified atom stereocenters. The number of halogens is 1. The quantitative estimate of drug-likeness (QED) is 0.454. The van der Waals surface area contributed by atoms with Gasteiger partial charge in [-0.3, -0.25) is 4.98 Å². The minimum Gasteiger partial charge on any atom is -0.501 e. The van der Waals surface area contributed by atoms with Gasteiger partial charge in [-0.2, -0.15) is 0 Å². The van der Waals surface area contributed by atoms with Gasteiger partial charge in [-0.15, -0.1) is 0 Å². The molecular weight excluding hydrogens is 302 g/mol. The second kappa shape index (κ2) is 8.01. The van der Waals surface area contributed by atoms with Crippen LogP contribution >= 0.6 is 11.6 Å². The van der Waals surface area contributed by atoms with Crippen LogP contribution in [0.25, 0.3) is 10.9 Å². The molecule has 6 heteroatoms. The van der Waals surface area contributed by atoms with Crippen LogP contribution < -0.4 is 4.74 Å². The summed E-state index contributed by atoms with van der Waals surface area (Å²) in [5.74, 6) is 0.426. The molecule has 0 saturated carbocycles. The molecule has 22 heavy (non-hydrogen) atoms. The highest BCUT2D eigenvalue weighted by molar-refractivity contribution is 6.29. The van der Waals surface area contributed by atoms with Crippen LogP contribution in [0, 0.1) is 6.57 Å². The summed E-state index contributed by atoms with van der Waals surface area (Å²) in [4.78, 5) is 11.9. The SMILES string of the molecule is [C-]#[N+]c1ccc(COc2cccc(Cl)n2)nc1/C=C/OCC. The highest BCUT2D eigenvalue weighted by Crippen LogP contribution is 2.20. The maximum absolute atomic E-state index is 7.15. The number of ether oxygens (including phenoxy) is 2. The molecule has 0 N–H and O–H groups in total. The fourth-order valence-electron chi connectivity index (χ4n) is 1.63. The van der Waals surface area contributed by atoms with Crippen LogP contribution in [0.15, 0.2) is 36.6 Å². The van der Waals surface area contributed by atoms with Crippen molar-refractivity contribution in [3.63, 3.8) is 0 Å². The molecule has 112 valence electrons. The molecule has 2 rings (SSSR count). The van der Waals surface area contributed by atoms with Crippen molar-refractivity contribution >= 4 is 23.4 Å². The molecule has 0 fully saturated rings. The molecule has 0 aliphatic heterocycles. The summed E-state index contributed by atoms with van der Waals surface area (Å²) in [6.45, 7) is 9.83. The van der Waals surface area contributed by atoms with E-state index in [2.05, 4.69) is 14.8 Å². The van der Waals surface area contributed by atoms with Gasteiger partial charge < -0.3 is 9.47 Å². The summed E-state index contributed by atoms with van der Waals surface area (Å²) < 4.78 is 10.7. The molecule has 0 aliphatic rings. The van der Waals surface area contributed by atoms with E-state index in [9.17, 15) is 0 Å². The van der Waals surface area contributed by atoms with Gasteiger partial charge in [0.1, 0.15) is 11.8 Å². The van der Waals surface area contributed by atoms with Crippen molar-refractivity contribution in [1.82, 2.24) is 9.97 Å². The van der Waals surface area contributed by atoms with E-state index in [1.807, 2.05) is 6.92 Å². The van der Waals surface area contributed by atoms with Gasteiger partial charge in [0.15, 0.2) is 0 Å². The second-order valence-corrected chi connectivity index (χ2v) is 4.55. The molecule has 0 aromatic carbocycles. The van der Waals surface area contributed by atoms with Crippen molar-refractivity contribution in [2.45, 2.75) is 13.5 Å². The van der Waals surface area contributed by atoms with Crippen molar-refractivity contribution in [3.8, 4) is 5.88 Å². The average Bonchev–Trinajstić information content (AvgIpc) is 2.53. The first kappa shape index (κ1) is 15.8. The fourth-order valence-corrected chi connectivity index (χ4v) is 1.79. The summed E-state index contributed by atoms with van der Waals surface area (Å²) in [5.41, 5.74) is 1.69. The van der Waals surface area contributed by atoms with Crippen molar-refractivity contribution in [2.75, 3.05) is 6.61 Å². The van der Waals surface area contributed by atoms with Crippen LogP contribution in [0.4, 0.5) is 5.69 Å². The van der Waals surface area contributed by atoms with Gasteiger partial charge in [0.05, 0.1) is 30.8 Å². The molecule has 2 aromatic heterocycles. The van der Waals surface area contributed by atoms with Crippen LogP contribution in [0.3, 0.4) is 0 Å². The Morgan fingerprint density at radius 2 is 2.14 bits per heavy atom. The van der Waals surface area contributed by atoms with Gasteiger partial charge in [-0.05, 0) is 25.1 Å². The lowest BCUT2D eigenvalue weighted by Gasteiger charge is -2.06. The molecular formula is C16H14ClN3O2. The molecule has 0 atom stereocenters. The standard InChI is InChI=1S/C16H14ClN3O2/c1-3-21-10-9-14-13(18-2)8-7-12(19-14)11-22-16-6-4-5-15(17)20-16/h4-10H,3,11H2,1H3/b10-9+. The number of hydrogen-bond donors (Lipinski definition) is 0. The molecule has 0 radical (unpaired) electrons. The van der Waals surface area contributed by atoms with E-state index < -0.39 is 0 Å². The highest BCUT2D eigenvalue weighted by atomic mass is 35.5. The van der Waals surface area contributed by atoms with Gasteiger partial charge in [0.25, 0.3) is 0 Å². The van der Waals surface area contributed by atoms with E-state index in [-0.39, 0.29) is 6.61 Å². The number of aromatic nitrogens is 2. The molecule has 0 spiro atoms. The summed E-state index contributed by atoms with van der Waals surface area (Å²) in [6.07, 6.45) is 3.19. The predicted octanol–water partition coefficient (Wildman–Crippen LogP) is 4.27. The zero-order valence-electron chi connectivity index (χ0n) is 12.0. The highest BCUT2D eigenvalue weighted by Gasteiger charge is 2.05. The normalized spacial score (nSPS) is 10.4. The topological polar surface area (TPSA) is 48.6 Å². The van der Waals surface area contributed by atoms with Gasteiger partial charge in [-0.25, -0.2) is 9.83 Å². The minimum atomic E-state index is 0.237. The third-order valence-corrected chi connectivity index (χ3v) is 2.84. The van der Waals surface area contributed by atoms with Crippen LogP contribution in [0.2, 0.25) is 5.15 Å². The van der Waals surface area contributed by atoms with Crippen molar-refractivity contribution in [1.29, 1.82) is 0 Å². The Balaban J connectivity index is 2.11. The molecule has 2 heterocycles. The first-order valence-corrected chi connectivity index (χ1v) is 7.01. The molecule has 5 nitrogen and oxygen atoms in total.